The number of hydrogen-bond donors (Lipinski definition) is 0. The summed E-state index contributed by atoms with van der Waals surface area (Å²) in [7, 11) is 1.26. The number of carbonyl (C=O) groups excluding carboxylic acids is 1. The lowest BCUT2D eigenvalue weighted by molar-refractivity contribution is -0.386. The Balaban J connectivity index is 2.82. The Morgan fingerprint density at radius 1 is 1.56 bits per heavy atom. The number of benzene rings is 1. The van der Waals surface area contributed by atoms with Crippen molar-refractivity contribution >= 4 is 27.6 Å². The summed E-state index contributed by atoms with van der Waals surface area (Å²) in [5.74, 6) is -0.362. The Bertz CT molecular complexity index is 463. The van der Waals surface area contributed by atoms with Gasteiger partial charge in [0.1, 0.15) is 11.4 Å². The van der Waals surface area contributed by atoms with E-state index in [4.69, 9.17) is 4.74 Å². The van der Waals surface area contributed by atoms with Gasteiger partial charge < -0.3 is 9.47 Å². The number of nitro groups is 1. The molecule has 1 unspecified atom stereocenters. The van der Waals surface area contributed by atoms with E-state index in [-0.39, 0.29) is 18.0 Å². The van der Waals surface area contributed by atoms with E-state index in [0.29, 0.717) is 5.56 Å². The maximum Gasteiger partial charge on any atom is 0.322 e. The molecule has 18 heavy (non-hydrogen) atoms. The van der Waals surface area contributed by atoms with E-state index in [1.807, 2.05) is 0 Å². The van der Waals surface area contributed by atoms with Gasteiger partial charge in [-0.3, -0.25) is 14.9 Å². The molecule has 0 aliphatic carbocycles. The second-order valence-corrected chi connectivity index (χ2v) is 4.59. The summed E-state index contributed by atoms with van der Waals surface area (Å²) in [4.78, 5) is 20.9. The Labute approximate surface area is 112 Å². The molecule has 0 spiro atoms. The largest absolute Gasteiger partial charge is 0.485 e. The standard InChI is InChI=1S/C11H12BrNO5/c1-7-4-3-5-9(10(7)13(15)16)18-6-8(12)11(14)17-2/h3-5,8H,6H2,1-2H3. The highest BCUT2D eigenvalue weighted by atomic mass is 79.9. The number of aryl methyl sites for hydroxylation is 1. The smallest absolute Gasteiger partial charge is 0.322 e. The highest BCUT2D eigenvalue weighted by Gasteiger charge is 2.21. The van der Waals surface area contributed by atoms with Gasteiger partial charge in [0, 0.05) is 5.56 Å². The molecule has 0 heterocycles. The van der Waals surface area contributed by atoms with Crippen molar-refractivity contribution in [2.75, 3.05) is 13.7 Å². The lowest BCUT2D eigenvalue weighted by Gasteiger charge is -2.10. The number of methoxy groups -OCH3 is 1. The lowest BCUT2D eigenvalue weighted by atomic mass is 10.2. The minimum atomic E-state index is -0.664. The molecule has 98 valence electrons. The summed E-state index contributed by atoms with van der Waals surface area (Å²) in [5, 5.41) is 10.9. The summed E-state index contributed by atoms with van der Waals surface area (Å²) >= 11 is 3.07. The van der Waals surface area contributed by atoms with E-state index in [1.54, 1.807) is 19.1 Å². The molecule has 6 nitrogen and oxygen atoms in total. The zero-order valence-corrected chi connectivity index (χ0v) is 11.5. The second-order valence-electron chi connectivity index (χ2n) is 3.48. The zero-order valence-electron chi connectivity index (χ0n) is 9.88. The van der Waals surface area contributed by atoms with Gasteiger partial charge in [-0.05, 0) is 13.0 Å². The molecule has 1 aromatic carbocycles. The number of alkyl halides is 1. The first-order chi connectivity index (χ1) is 8.47. The average molecular weight is 318 g/mol. The summed E-state index contributed by atoms with van der Waals surface area (Å²) < 4.78 is 9.78. The number of hydrogen-bond acceptors (Lipinski definition) is 5. The van der Waals surface area contributed by atoms with Crippen molar-refractivity contribution in [3.63, 3.8) is 0 Å². The van der Waals surface area contributed by atoms with Crippen molar-refractivity contribution < 1.29 is 19.2 Å². The number of halogens is 1. The van der Waals surface area contributed by atoms with Crippen LogP contribution in [0.5, 0.6) is 5.75 Å². The van der Waals surface area contributed by atoms with Gasteiger partial charge in [-0.15, -0.1) is 0 Å². The van der Waals surface area contributed by atoms with Crippen molar-refractivity contribution in [3.8, 4) is 5.75 Å². The number of nitro benzene ring substituents is 1. The molecule has 0 amide bonds. The third-order valence-corrected chi connectivity index (χ3v) is 2.86. The molecule has 0 N–H and O–H groups in total. The van der Waals surface area contributed by atoms with Crippen LogP contribution >= 0.6 is 15.9 Å². The molecule has 0 bridgehead atoms. The van der Waals surface area contributed by atoms with E-state index < -0.39 is 15.7 Å². The number of para-hydroxylation sites is 1. The third-order valence-electron chi connectivity index (χ3n) is 2.23. The molecule has 1 rings (SSSR count). The quantitative estimate of drug-likeness (QED) is 0.360. The highest BCUT2D eigenvalue weighted by molar-refractivity contribution is 9.10. The van der Waals surface area contributed by atoms with Crippen LogP contribution in [0.2, 0.25) is 0 Å². The molecule has 0 saturated heterocycles. The molecule has 1 atom stereocenters. The lowest BCUT2D eigenvalue weighted by Crippen LogP contribution is -2.23. The number of carbonyl (C=O) groups is 1. The topological polar surface area (TPSA) is 78.7 Å². The monoisotopic (exact) mass is 317 g/mol. The number of ether oxygens (including phenoxy) is 2. The van der Waals surface area contributed by atoms with Crippen LogP contribution in [0.1, 0.15) is 5.56 Å². The number of esters is 1. The van der Waals surface area contributed by atoms with E-state index in [1.165, 1.54) is 13.2 Å². The van der Waals surface area contributed by atoms with Gasteiger partial charge in [0.25, 0.3) is 0 Å². The normalized spacial score (nSPS) is 11.7. The Morgan fingerprint density at radius 2 is 2.22 bits per heavy atom. The van der Waals surface area contributed by atoms with Gasteiger partial charge in [-0.1, -0.05) is 28.1 Å². The molecule has 1 aromatic rings. The predicted molar refractivity (Wildman–Crippen MR) is 68.1 cm³/mol. The van der Waals surface area contributed by atoms with E-state index in [9.17, 15) is 14.9 Å². The van der Waals surface area contributed by atoms with Crippen LogP contribution in [-0.4, -0.2) is 29.4 Å². The number of nitrogens with zero attached hydrogens (tertiary/aromatic N) is 1. The zero-order chi connectivity index (χ0) is 13.7. The molecule has 0 fully saturated rings. The van der Waals surface area contributed by atoms with Crippen LogP contribution in [-0.2, 0) is 9.53 Å². The Morgan fingerprint density at radius 3 is 2.78 bits per heavy atom. The fraction of sp³-hybridized carbons (Fsp3) is 0.364. The van der Waals surface area contributed by atoms with Crippen LogP contribution in [0.15, 0.2) is 18.2 Å². The first-order valence-corrected chi connectivity index (χ1v) is 5.97. The van der Waals surface area contributed by atoms with Crippen molar-refractivity contribution in [2.24, 2.45) is 0 Å². The molecular formula is C11H12BrNO5. The first kappa shape index (κ1) is 14.4. The van der Waals surface area contributed by atoms with Gasteiger partial charge in [-0.2, -0.15) is 0 Å². The molecular weight excluding hydrogens is 306 g/mol. The van der Waals surface area contributed by atoms with Crippen LogP contribution in [0.25, 0.3) is 0 Å². The van der Waals surface area contributed by atoms with Crippen LogP contribution in [0.3, 0.4) is 0 Å². The predicted octanol–water partition coefficient (Wildman–Crippen LogP) is 2.22. The molecule has 0 radical (unpaired) electrons. The summed E-state index contributed by atoms with van der Waals surface area (Å²) in [6.45, 7) is 1.58. The van der Waals surface area contributed by atoms with Crippen LogP contribution < -0.4 is 4.74 Å². The van der Waals surface area contributed by atoms with Gasteiger partial charge >= 0.3 is 11.7 Å². The van der Waals surface area contributed by atoms with Crippen molar-refractivity contribution in [2.45, 2.75) is 11.8 Å². The number of rotatable bonds is 5. The highest BCUT2D eigenvalue weighted by Crippen LogP contribution is 2.30. The summed E-state index contributed by atoms with van der Waals surface area (Å²) in [5.41, 5.74) is 0.406. The van der Waals surface area contributed by atoms with Crippen molar-refractivity contribution in [1.29, 1.82) is 0 Å². The molecule has 0 saturated carbocycles. The second kappa shape index (κ2) is 6.34. The van der Waals surface area contributed by atoms with Gasteiger partial charge in [0.2, 0.25) is 0 Å². The van der Waals surface area contributed by atoms with Gasteiger partial charge in [0.05, 0.1) is 12.0 Å². The first-order valence-electron chi connectivity index (χ1n) is 5.06. The maximum atomic E-state index is 11.1. The Hall–Kier alpha value is -1.63. The fourth-order valence-corrected chi connectivity index (χ4v) is 1.66. The van der Waals surface area contributed by atoms with Crippen LogP contribution in [0, 0.1) is 17.0 Å². The van der Waals surface area contributed by atoms with E-state index in [0.717, 1.165) is 0 Å². The molecule has 0 aliphatic heterocycles. The van der Waals surface area contributed by atoms with E-state index in [2.05, 4.69) is 20.7 Å². The molecule has 7 heteroatoms. The molecule has 0 aliphatic rings. The average Bonchev–Trinajstić information content (AvgIpc) is 2.34. The van der Waals surface area contributed by atoms with Crippen molar-refractivity contribution in [1.82, 2.24) is 0 Å². The van der Waals surface area contributed by atoms with E-state index >= 15 is 0 Å². The minimum Gasteiger partial charge on any atom is -0.485 e. The minimum absolute atomic E-state index is 0.0447. The molecule has 0 aromatic heterocycles. The Kier molecular flexibility index (Phi) is 5.08. The summed E-state index contributed by atoms with van der Waals surface area (Å²) in [6, 6.07) is 4.76. The fourth-order valence-electron chi connectivity index (χ4n) is 1.34. The van der Waals surface area contributed by atoms with Crippen molar-refractivity contribution in [3.05, 3.63) is 33.9 Å². The third kappa shape index (κ3) is 3.43. The van der Waals surface area contributed by atoms with Gasteiger partial charge in [0.15, 0.2) is 5.75 Å². The van der Waals surface area contributed by atoms with Crippen LogP contribution in [0.4, 0.5) is 5.69 Å². The SMILES string of the molecule is COC(=O)C(Br)COc1cccc(C)c1[N+](=O)[O-]. The maximum absolute atomic E-state index is 11.1. The summed E-state index contributed by atoms with van der Waals surface area (Å²) in [6.07, 6.45) is 0. The van der Waals surface area contributed by atoms with Gasteiger partial charge in [-0.25, -0.2) is 0 Å².